The zero-order valence-corrected chi connectivity index (χ0v) is 18.8. The molecule has 2 aliphatic rings. The molecule has 0 aromatic heterocycles. The van der Waals surface area contributed by atoms with E-state index in [1.165, 1.54) is 22.4 Å². The number of fused-ring (bicyclic) bond motifs is 3. The molecule has 3 aromatic carbocycles. The Morgan fingerprint density at radius 2 is 1.91 bits per heavy atom. The van der Waals surface area contributed by atoms with E-state index in [9.17, 15) is 0 Å². The number of benzene rings is 3. The zero-order valence-electron chi connectivity index (χ0n) is 18.8. The van der Waals surface area contributed by atoms with E-state index >= 15 is 0 Å². The van der Waals surface area contributed by atoms with Gasteiger partial charge in [0.25, 0.3) is 0 Å². The first kappa shape index (κ1) is 20.6. The molecule has 0 bridgehead atoms. The number of anilines is 1. The van der Waals surface area contributed by atoms with Gasteiger partial charge in [-0.3, -0.25) is 4.99 Å². The van der Waals surface area contributed by atoms with Crippen molar-refractivity contribution >= 4 is 17.6 Å². The molecule has 1 N–H and O–H groups in total. The minimum absolute atomic E-state index is 0.311. The Hall–Kier alpha value is -3.33. The summed E-state index contributed by atoms with van der Waals surface area (Å²) in [6.07, 6.45) is 8.74. The Bertz CT molecular complexity index is 1150. The molecule has 0 radical (unpaired) electrons. The maximum Gasteiger partial charge on any atom is 0.128 e. The van der Waals surface area contributed by atoms with Crippen molar-refractivity contribution in [2.75, 3.05) is 11.9 Å². The third-order valence-electron chi connectivity index (χ3n) is 6.50. The standard InChI is InChI=1S/C29H30N2O/c1-3-17-32-28-10-5-4-7-22(28)19-30-23-14-12-21(13-15-23)29-25-9-6-8-24(25)26-18-20(2)11-16-27(26)31-29/h4-8,10-16,18-19,24-25,29,31H,3,9,17H2,1-2H3/t24-,25+,29+/m1/s1. The van der Waals surface area contributed by atoms with Gasteiger partial charge in [0.05, 0.1) is 18.3 Å². The van der Waals surface area contributed by atoms with Crippen molar-refractivity contribution in [3.63, 3.8) is 0 Å². The quantitative estimate of drug-likeness (QED) is 0.332. The Morgan fingerprint density at radius 3 is 2.75 bits per heavy atom. The van der Waals surface area contributed by atoms with Crippen LogP contribution in [0.3, 0.4) is 0 Å². The van der Waals surface area contributed by atoms with E-state index in [0.717, 1.165) is 29.8 Å². The largest absolute Gasteiger partial charge is 0.493 e. The molecular formula is C29H30N2O. The first-order chi connectivity index (χ1) is 15.7. The SMILES string of the molecule is CCCOc1ccccc1C=Nc1ccc([C@@H]2Nc3ccc(C)cc3[C@@H]3C=CC[C@@H]32)cc1. The van der Waals surface area contributed by atoms with Gasteiger partial charge in [-0.05, 0) is 67.1 Å². The molecule has 1 heterocycles. The predicted octanol–water partition coefficient (Wildman–Crippen LogP) is 7.36. The molecule has 3 heteroatoms. The molecular weight excluding hydrogens is 392 g/mol. The first-order valence-electron chi connectivity index (χ1n) is 11.6. The zero-order chi connectivity index (χ0) is 21.9. The third kappa shape index (κ3) is 4.08. The summed E-state index contributed by atoms with van der Waals surface area (Å²) in [7, 11) is 0. The topological polar surface area (TPSA) is 33.6 Å². The minimum atomic E-state index is 0.311. The number of nitrogens with zero attached hydrogens (tertiary/aromatic N) is 1. The van der Waals surface area contributed by atoms with Gasteiger partial charge in [0, 0.05) is 23.4 Å². The lowest BCUT2D eigenvalue weighted by Gasteiger charge is -2.37. The van der Waals surface area contributed by atoms with Crippen LogP contribution < -0.4 is 10.1 Å². The van der Waals surface area contributed by atoms with E-state index in [4.69, 9.17) is 9.73 Å². The fourth-order valence-electron chi connectivity index (χ4n) is 4.89. The summed E-state index contributed by atoms with van der Waals surface area (Å²) in [5, 5.41) is 3.82. The fourth-order valence-corrected chi connectivity index (χ4v) is 4.89. The molecule has 1 aliphatic carbocycles. The van der Waals surface area contributed by atoms with E-state index in [0.29, 0.717) is 24.5 Å². The number of hydrogen-bond acceptors (Lipinski definition) is 3. The number of aliphatic imine (C=N–C) groups is 1. The number of para-hydroxylation sites is 1. The van der Waals surface area contributed by atoms with E-state index in [1.54, 1.807) is 0 Å². The number of aryl methyl sites for hydroxylation is 1. The summed E-state index contributed by atoms with van der Waals surface area (Å²) >= 11 is 0. The van der Waals surface area contributed by atoms with E-state index < -0.39 is 0 Å². The Kier molecular flexibility index (Phi) is 5.81. The van der Waals surface area contributed by atoms with Crippen LogP contribution in [0.25, 0.3) is 0 Å². The van der Waals surface area contributed by atoms with Crippen molar-refractivity contribution in [3.8, 4) is 5.75 Å². The summed E-state index contributed by atoms with van der Waals surface area (Å²) in [6.45, 7) is 5.00. The monoisotopic (exact) mass is 422 g/mol. The number of hydrogen-bond donors (Lipinski definition) is 1. The van der Waals surface area contributed by atoms with Crippen LogP contribution in [0.15, 0.2) is 83.9 Å². The highest BCUT2D eigenvalue weighted by molar-refractivity contribution is 5.85. The Labute approximate surface area is 190 Å². The molecule has 3 atom stereocenters. The normalized spacial score (nSPS) is 21.2. The average Bonchev–Trinajstić information content (AvgIpc) is 3.32. The predicted molar refractivity (Wildman–Crippen MR) is 133 cm³/mol. The number of rotatable bonds is 6. The van der Waals surface area contributed by atoms with Crippen LogP contribution in [-0.2, 0) is 0 Å². The Morgan fingerprint density at radius 1 is 1.06 bits per heavy atom. The first-order valence-corrected chi connectivity index (χ1v) is 11.6. The van der Waals surface area contributed by atoms with Gasteiger partial charge in [-0.25, -0.2) is 0 Å². The maximum absolute atomic E-state index is 5.84. The van der Waals surface area contributed by atoms with Gasteiger partial charge in [-0.1, -0.05) is 61.0 Å². The molecule has 0 unspecified atom stereocenters. The molecule has 162 valence electrons. The second-order valence-corrected chi connectivity index (χ2v) is 8.80. The van der Waals surface area contributed by atoms with Crippen LogP contribution in [0, 0.1) is 12.8 Å². The van der Waals surface area contributed by atoms with Crippen LogP contribution in [0.4, 0.5) is 11.4 Å². The van der Waals surface area contributed by atoms with Gasteiger partial charge in [0.15, 0.2) is 0 Å². The summed E-state index contributed by atoms with van der Waals surface area (Å²) in [6, 6.07) is 23.8. The summed E-state index contributed by atoms with van der Waals surface area (Å²) in [5.74, 6) is 1.93. The van der Waals surface area contributed by atoms with Gasteiger partial charge < -0.3 is 10.1 Å². The molecule has 3 aromatic rings. The molecule has 0 saturated heterocycles. The molecule has 0 amide bonds. The van der Waals surface area contributed by atoms with Crippen LogP contribution in [0.2, 0.25) is 0 Å². The van der Waals surface area contributed by atoms with Gasteiger partial charge >= 0.3 is 0 Å². The summed E-state index contributed by atoms with van der Waals surface area (Å²) < 4.78 is 5.84. The Balaban J connectivity index is 1.35. The molecule has 32 heavy (non-hydrogen) atoms. The lowest BCUT2D eigenvalue weighted by molar-refractivity contribution is 0.317. The van der Waals surface area contributed by atoms with E-state index in [2.05, 4.69) is 73.8 Å². The molecule has 0 fully saturated rings. The lowest BCUT2D eigenvalue weighted by Crippen LogP contribution is -2.29. The second kappa shape index (κ2) is 9.04. The van der Waals surface area contributed by atoms with E-state index in [1.807, 2.05) is 30.5 Å². The van der Waals surface area contributed by atoms with Gasteiger partial charge in [0.1, 0.15) is 5.75 Å². The van der Waals surface area contributed by atoms with Crippen LogP contribution >= 0.6 is 0 Å². The lowest BCUT2D eigenvalue weighted by atomic mass is 9.76. The van der Waals surface area contributed by atoms with E-state index in [-0.39, 0.29) is 0 Å². The van der Waals surface area contributed by atoms with Crippen molar-refractivity contribution in [3.05, 3.63) is 101 Å². The van der Waals surface area contributed by atoms with Gasteiger partial charge in [-0.15, -0.1) is 0 Å². The molecule has 5 rings (SSSR count). The maximum atomic E-state index is 5.84. The van der Waals surface area contributed by atoms with Gasteiger partial charge in [-0.2, -0.15) is 0 Å². The molecule has 1 aliphatic heterocycles. The van der Waals surface area contributed by atoms with Crippen molar-refractivity contribution in [1.82, 2.24) is 0 Å². The highest BCUT2D eigenvalue weighted by Gasteiger charge is 2.37. The average molecular weight is 423 g/mol. The highest BCUT2D eigenvalue weighted by atomic mass is 16.5. The summed E-state index contributed by atoms with van der Waals surface area (Å²) in [4.78, 5) is 4.71. The summed E-state index contributed by atoms with van der Waals surface area (Å²) in [5.41, 5.74) is 7.30. The molecule has 0 saturated carbocycles. The number of nitrogens with one attached hydrogen (secondary N) is 1. The van der Waals surface area contributed by atoms with Crippen molar-refractivity contribution < 1.29 is 4.74 Å². The van der Waals surface area contributed by atoms with Crippen LogP contribution in [0.5, 0.6) is 5.75 Å². The molecule has 0 spiro atoms. The minimum Gasteiger partial charge on any atom is -0.493 e. The van der Waals surface area contributed by atoms with Crippen molar-refractivity contribution in [2.24, 2.45) is 10.9 Å². The van der Waals surface area contributed by atoms with Gasteiger partial charge in [0.2, 0.25) is 0 Å². The third-order valence-corrected chi connectivity index (χ3v) is 6.50. The van der Waals surface area contributed by atoms with Crippen LogP contribution in [0.1, 0.15) is 54.0 Å². The number of allylic oxidation sites excluding steroid dienone is 2. The van der Waals surface area contributed by atoms with Crippen molar-refractivity contribution in [2.45, 2.75) is 38.6 Å². The second-order valence-electron chi connectivity index (χ2n) is 8.80. The number of ether oxygens (including phenoxy) is 1. The fraction of sp³-hybridized carbons (Fsp3) is 0.276. The van der Waals surface area contributed by atoms with Crippen LogP contribution in [-0.4, -0.2) is 12.8 Å². The molecule has 3 nitrogen and oxygen atoms in total. The smallest absolute Gasteiger partial charge is 0.128 e. The highest BCUT2D eigenvalue weighted by Crippen LogP contribution is 2.50. The van der Waals surface area contributed by atoms with Crippen molar-refractivity contribution in [1.29, 1.82) is 0 Å².